The minimum absolute atomic E-state index is 0.160. The molecule has 0 bridgehead atoms. The summed E-state index contributed by atoms with van der Waals surface area (Å²) in [6.45, 7) is 0. The number of carboxylic acids is 1. The molecule has 4 heteroatoms. The van der Waals surface area contributed by atoms with Crippen LogP contribution < -0.4 is 0 Å². The van der Waals surface area contributed by atoms with Crippen LogP contribution in [0.15, 0.2) is 22.8 Å². The van der Waals surface area contributed by atoms with Crippen molar-refractivity contribution in [2.24, 2.45) is 0 Å². The standard InChI is InChI=1S/C7H6O4/c8-4-5(7(9)10)6-2-1-3-11-6/h1-5H,(H,9,10). The van der Waals surface area contributed by atoms with Gasteiger partial charge in [0.2, 0.25) is 0 Å². The lowest BCUT2D eigenvalue weighted by molar-refractivity contribution is -0.140. The van der Waals surface area contributed by atoms with E-state index < -0.39 is 11.9 Å². The summed E-state index contributed by atoms with van der Waals surface area (Å²) in [5.74, 6) is -2.22. The molecule has 1 aromatic heterocycles. The second kappa shape index (κ2) is 3.01. The van der Waals surface area contributed by atoms with Gasteiger partial charge in [0.05, 0.1) is 6.26 Å². The Labute approximate surface area is 62.4 Å². The lowest BCUT2D eigenvalue weighted by Crippen LogP contribution is -2.11. The Kier molecular flexibility index (Phi) is 2.06. The van der Waals surface area contributed by atoms with Gasteiger partial charge in [-0.2, -0.15) is 0 Å². The van der Waals surface area contributed by atoms with Gasteiger partial charge in [-0.15, -0.1) is 0 Å². The van der Waals surface area contributed by atoms with E-state index in [1.54, 1.807) is 0 Å². The average Bonchev–Trinajstić information content (AvgIpc) is 2.40. The first-order valence-electron chi connectivity index (χ1n) is 2.97. The van der Waals surface area contributed by atoms with Crippen molar-refractivity contribution in [3.63, 3.8) is 0 Å². The van der Waals surface area contributed by atoms with Crippen LogP contribution in [0, 0.1) is 0 Å². The molecule has 0 radical (unpaired) electrons. The van der Waals surface area contributed by atoms with E-state index in [0.717, 1.165) is 0 Å². The third-order valence-corrected chi connectivity index (χ3v) is 1.25. The molecule has 0 fully saturated rings. The monoisotopic (exact) mass is 154 g/mol. The summed E-state index contributed by atoms with van der Waals surface area (Å²) in [6.07, 6.45) is 1.66. The molecular weight excluding hydrogens is 148 g/mol. The number of hydrogen-bond donors (Lipinski definition) is 1. The molecule has 0 saturated heterocycles. The van der Waals surface area contributed by atoms with E-state index in [4.69, 9.17) is 9.52 Å². The van der Waals surface area contributed by atoms with Crippen molar-refractivity contribution in [2.75, 3.05) is 0 Å². The topological polar surface area (TPSA) is 67.5 Å². The summed E-state index contributed by atoms with van der Waals surface area (Å²) < 4.78 is 4.74. The molecule has 1 heterocycles. The first-order valence-corrected chi connectivity index (χ1v) is 2.97. The first kappa shape index (κ1) is 7.53. The quantitative estimate of drug-likeness (QED) is 0.512. The molecule has 1 rings (SSSR count). The molecule has 0 amide bonds. The minimum atomic E-state index is -1.20. The van der Waals surface area contributed by atoms with Gasteiger partial charge in [0.25, 0.3) is 0 Å². The molecule has 1 N–H and O–H groups in total. The van der Waals surface area contributed by atoms with Crippen LogP contribution in [0.3, 0.4) is 0 Å². The van der Waals surface area contributed by atoms with E-state index in [9.17, 15) is 9.59 Å². The lowest BCUT2D eigenvalue weighted by atomic mass is 10.1. The van der Waals surface area contributed by atoms with Crippen LogP contribution in [0.2, 0.25) is 0 Å². The zero-order valence-electron chi connectivity index (χ0n) is 5.56. The van der Waals surface area contributed by atoms with Crippen molar-refractivity contribution in [3.05, 3.63) is 24.2 Å². The van der Waals surface area contributed by atoms with Gasteiger partial charge in [-0.05, 0) is 12.1 Å². The fourth-order valence-electron chi connectivity index (χ4n) is 0.715. The van der Waals surface area contributed by atoms with E-state index in [0.29, 0.717) is 6.29 Å². The van der Waals surface area contributed by atoms with E-state index in [1.165, 1.54) is 18.4 Å². The van der Waals surface area contributed by atoms with Gasteiger partial charge in [0.1, 0.15) is 12.0 Å². The molecule has 0 saturated carbocycles. The van der Waals surface area contributed by atoms with E-state index in [-0.39, 0.29) is 5.76 Å². The SMILES string of the molecule is O=CC(C(=O)O)c1ccco1. The van der Waals surface area contributed by atoms with Gasteiger partial charge in [0, 0.05) is 0 Å². The van der Waals surface area contributed by atoms with Crippen molar-refractivity contribution >= 4 is 12.3 Å². The molecule has 0 aliphatic rings. The highest BCUT2D eigenvalue weighted by Crippen LogP contribution is 2.13. The summed E-state index contributed by atoms with van der Waals surface area (Å²) in [7, 11) is 0. The average molecular weight is 154 g/mol. The summed E-state index contributed by atoms with van der Waals surface area (Å²) in [4.78, 5) is 20.5. The predicted molar refractivity (Wildman–Crippen MR) is 35.1 cm³/mol. The van der Waals surface area contributed by atoms with Crippen molar-refractivity contribution in [2.45, 2.75) is 5.92 Å². The van der Waals surface area contributed by atoms with Crippen molar-refractivity contribution in [1.29, 1.82) is 0 Å². The Morgan fingerprint density at radius 2 is 2.45 bits per heavy atom. The summed E-state index contributed by atoms with van der Waals surface area (Å²) >= 11 is 0. The maximum atomic E-state index is 10.3. The van der Waals surface area contributed by atoms with Crippen LogP contribution in [0.25, 0.3) is 0 Å². The highest BCUT2D eigenvalue weighted by Gasteiger charge is 2.20. The van der Waals surface area contributed by atoms with E-state index in [1.807, 2.05) is 0 Å². The highest BCUT2D eigenvalue weighted by molar-refractivity contribution is 5.92. The van der Waals surface area contributed by atoms with E-state index >= 15 is 0 Å². The van der Waals surface area contributed by atoms with Crippen LogP contribution in [0.5, 0.6) is 0 Å². The molecule has 1 unspecified atom stereocenters. The largest absolute Gasteiger partial charge is 0.480 e. The van der Waals surface area contributed by atoms with Crippen molar-refractivity contribution in [3.8, 4) is 0 Å². The maximum Gasteiger partial charge on any atom is 0.321 e. The predicted octanol–water partition coefficient (Wildman–Crippen LogP) is 0.647. The molecule has 0 spiro atoms. The summed E-state index contributed by atoms with van der Waals surface area (Å²) in [6, 6.07) is 2.99. The normalized spacial score (nSPS) is 12.4. The van der Waals surface area contributed by atoms with Crippen molar-refractivity contribution in [1.82, 2.24) is 0 Å². The number of rotatable bonds is 3. The Bertz CT molecular complexity index is 249. The smallest absolute Gasteiger partial charge is 0.321 e. The molecule has 58 valence electrons. The number of carbonyl (C=O) groups excluding carboxylic acids is 1. The van der Waals surface area contributed by atoms with Crippen LogP contribution >= 0.6 is 0 Å². The van der Waals surface area contributed by atoms with Gasteiger partial charge in [-0.25, -0.2) is 0 Å². The number of carbonyl (C=O) groups is 2. The summed E-state index contributed by atoms with van der Waals surface area (Å²) in [5, 5.41) is 8.45. The van der Waals surface area contributed by atoms with Crippen LogP contribution in [-0.2, 0) is 9.59 Å². The fraction of sp³-hybridized carbons (Fsp3) is 0.143. The Morgan fingerprint density at radius 1 is 1.73 bits per heavy atom. The molecule has 0 aromatic carbocycles. The van der Waals surface area contributed by atoms with Gasteiger partial charge in [-0.1, -0.05) is 0 Å². The summed E-state index contributed by atoms with van der Waals surface area (Å²) in [5.41, 5.74) is 0. The molecule has 1 aromatic rings. The Morgan fingerprint density at radius 3 is 2.82 bits per heavy atom. The number of carboxylic acid groups (broad SMARTS) is 1. The molecule has 0 aliphatic heterocycles. The molecule has 11 heavy (non-hydrogen) atoms. The number of aldehydes is 1. The zero-order chi connectivity index (χ0) is 8.27. The van der Waals surface area contributed by atoms with E-state index in [2.05, 4.69) is 0 Å². The Balaban J connectivity index is 2.88. The highest BCUT2D eigenvalue weighted by atomic mass is 16.4. The second-order valence-corrected chi connectivity index (χ2v) is 1.97. The Hall–Kier alpha value is -1.58. The number of furan rings is 1. The number of aliphatic carboxylic acids is 1. The van der Waals surface area contributed by atoms with Crippen molar-refractivity contribution < 1.29 is 19.1 Å². The third-order valence-electron chi connectivity index (χ3n) is 1.25. The molecular formula is C7H6O4. The van der Waals surface area contributed by atoms with Gasteiger partial charge >= 0.3 is 5.97 Å². The maximum absolute atomic E-state index is 10.3. The fourth-order valence-corrected chi connectivity index (χ4v) is 0.715. The molecule has 4 nitrogen and oxygen atoms in total. The third kappa shape index (κ3) is 1.46. The zero-order valence-corrected chi connectivity index (χ0v) is 5.56. The van der Waals surface area contributed by atoms with Gasteiger partial charge in [0.15, 0.2) is 5.92 Å². The van der Waals surface area contributed by atoms with Crippen LogP contribution in [0.1, 0.15) is 11.7 Å². The van der Waals surface area contributed by atoms with Crippen LogP contribution in [0.4, 0.5) is 0 Å². The van der Waals surface area contributed by atoms with Crippen LogP contribution in [-0.4, -0.2) is 17.4 Å². The number of hydrogen-bond acceptors (Lipinski definition) is 3. The molecule has 1 atom stereocenters. The second-order valence-electron chi connectivity index (χ2n) is 1.97. The van der Waals surface area contributed by atoms with Gasteiger partial charge in [-0.3, -0.25) is 4.79 Å². The lowest BCUT2D eigenvalue weighted by Gasteiger charge is -1.97. The first-order chi connectivity index (χ1) is 5.25. The minimum Gasteiger partial charge on any atom is -0.480 e. The van der Waals surface area contributed by atoms with Gasteiger partial charge < -0.3 is 14.3 Å². The molecule has 0 aliphatic carbocycles.